The molecular formula is C22H25NO3. The summed E-state index contributed by atoms with van der Waals surface area (Å²) in [5.74, 6) is -0.215. The normalized spacial score (nSPS) is 36.5. The van der Waals surface area contributed by atoms with E-state index < -0.39 is 16.4 Å². The number of hydrogen-bond acceptors (Lipinski definition) is 3. The van der Waals surface area contributed by atoms with Gasteiger partial charge in [-0.3, -0.25) is 9.59 Å². The van der Waals surface area contributed by atoms with Gasteiger partial charge in [0, 0.05) is 31.8 Å². The van der Waals surface area contributed by atoms with Crippen LogP contribution in [0.15, 0.2) is 54.6 Å². The maximum absolute atomic E-state index is 12.7. The predicted molar refractivity (Wildman–Crippen MR) is 99.4 cm³/mol. The van der Waals surface area contributed by atoms with Crippen molar-refractivity contribution in [2.24, 2.45) is 10.8 Å². The van der Waals surface area contributed by atoms with Crippen LogP contribution < -0.4 is 0 Å². The van der Waals surface area contributed by atoms with E-state index in [-0.39, 0.29) is 11.7 Å². The fourth-order valence-corrected chi connectivity index (χ4v) is 4.81. The Morgan fingerprint density at radius 1 is 1.04 bits per heavy atom. The zero-order valence-corrected chi connectivity index (χ0v) is 15.1. The van der Waals surface area contributed by atoms with E-state index in [0.29, 0.717) is 25.8 Å². The minimum atomic E-state index is -1.17. The molecule has 3 aliphatic rings. The van der Waals surface area contributed by atoms with Crippen molar-refractivity contribution in [2.45, 2.75) is 37.7 Å². The number of carbonyl (C=O) groups is 2. The molecule has 4 heteroatoms. The summed E-state index contributed by atoms with van der Waals surface area (Å²) < 4.78 is 0. The molecule has 2 fully saturated rings. The van der Waals surface area contributed by atoms with Gasteiger partial charge in [-0.1, -0.05) is 54.6 Å². The monoisotopic (exact) mass is 351 g/mol. The SMILES string of the molecule is CN1CCC(=O)C2(C=CC3(C=C2)CCCC3(O)Cc2ccccc2)C1=O. The number of carbonyl (C=O) groups excluding carboxylic acids is 2. The number of ketones is 1. The van der Waals surface area contributed by atoms with Gasteiger partial charge in [0.1, 0.15) is 5.41 Å². The number of piperidine rings is 1. The largest absolute Gasteiger partial charge is 0.388 e. The molecule has 0 aromatic heterocycles. The Hall–Kier alpha value is -2.20. The van der Waals surface area contributed by atoms with E-state index in [2.05, 4.69) is 0 Å². The van der Waals surface area contributed by atoms with E-state index in [4.69, 9.17) is 0 Å². The highest BCUT2D eigenvalue weighted by atomic mass is 16.3. The second-order valence-electron chi connectivity index (χ2n) is 8.02. The molecule has 1 unspecified atom stereocenters. The summed E-state index contributed by atoms with van der Waals surface area (Å²) in [6.07, 6.45) is 10.8. The maximum atomic E-state index is 12.7. The third-order valence-corrected chi connectivity index (χ3v) is 6.51. The Morgan fingerprint density at radius 3 is 2.42 bits per heavy atom. The Balaban J connectivity index is 1.67. The molecule has 0 bridgehead atoms. The number of aliphatic hydroxyl groups is 1. The number of benzene rings is 1. The van der Waals surface area contributed by atoms with Gasteiger partial charge in [0.25, 0.3) is 0 Å². The molecule has 0 radical (unpaired) electrons. The molecule has 1 atom stereocenters. The van der Waals surface area contributed by atoms with Gasteiger partial charge >= 0.3 is 0 Å². The Labute approximate surface area is 154 Å². The second kappa shape index (κ2) is 5.92. The third kappa shape index (κ3) is 2.39. The van der Waals surface area contributed by atoms with Crippen LogP contribution in [0.3, 0.4) is 0 Å². The predicted octanol–water partition coefficient (Wildman–Crippen LogP) is 2.67. The zero-order valence-electron chi connectivity index (χ0n) is 15.1. The lowest BCUT2D eigenvalue weighted by Crippen LogP contribution is -2.53. The first kappa shape index (κ1) is 17.2. The Morgan fingerprint density at radius 2 is 1.73 bits per heavy atom. The lowest BCUT2D eigenvalue weighted by Gasteiger charge is -2.44. The number of Topliss-reactive ketones (excluding diaryl/α,β-unsaturated/α-hetero) is 1. The highest BCUT2D eigenvalue weighted by Gasteiger charge is 2.55. The highest BCUT2D eigenvalue weighted by Crippen LogP contribution is 2.53. The lowest BCUT2D eigenvalue weighted by atomic mass is 9.64. The minimum absolute atomic E-state index is 0.0486. The van der Waals surface area contributed by atoms with Crippen molar-refractivity contribution < 1.29 is 14.7 Å². The maximum Gasteiger partial charge on any atom is 0.243 e. The van der Waals surface area contributed by atoms with Gasteiger partial charge in [-0.2, -0.15) is 0 Å². The highest BCUT2D eigenvalue weighted by molar-refractivity contribution is 6.12. The summed E-state index contributed by atoms with van der Waals surface area (Å²) in [5.41, 5.74) is -1.47. The van der Waals surface area contributed by atoms with Crippen molar-refractivity contribution in [1.29, 1.82) is 0 Å². The molecule has 4 nitrogen and oxygen atoms in total. The minimum Gasteiger partial charge on any atom is -0.388 e. The first-order valence-electron chi connectivity index (χ1n) is 9.37. The van der Waals surface area contributed by atoms with Crippen LogP contribution in [0.1, 0.15) is 31.2 Å². The number of nitrogens with zero attached hydrogens (tertiary/aromatic N) is 1. The van der Waals surface area contributed by atoms with Crippen LogP contribution in [-0.4, -0.2) is 40.9 Å². The second-order valence-corrected chi connectivity index (χ2v) is 8.02. The number of amides is 1. The van der Waals surface area contributed by atoms with Crippen molar-refractivity contribution in [3.63, 3.8) is 0 Å². The third-order valence-electron chi connectivity index (χ3n) is 6.51. The molecule has 2 aliphatic carbocycles. The van der Waals surface area contributed by atoms with Crippen molar-refractivity contribution >= 4 is 11.7 Å². The molecule has 136 valence electrons. The molecule has 26 heavy (non-hydrogen) atoms. The number of likely N-dealkylation sites (tertiary alicyclic amines) is 1. The van der Waals surface area contributed by atoms with Gasteiger partial charge in [-0.05, 0) is 24.8 Å². The first-order valence-corrected chi connectivity index (χ1v) is 9.37. The Kier molecular flexibility index (Phi) is 3.92. The van der Waals surface area contributed by atoms with Gasteiger partial charge in [0.05, 0.1) is 5.60 Å². The molecule has 2 spiro atoms. The van der Waals surface area contributed by atoms with Crippen molar-refractivity contribution in [3.8, 4) is 0 Å². The molecule has 1 aromatic carbocycles. The summed E-state index contributed by atoms with van der Waals surface area (Å²) in [6, 6.07) is 10.0. The average Bonchev–Trinajstić information content (AvgIpc) is 2.95. The zero-order chi connectivity index (χ0) is 18.4. The molecule has 4 rings (SSSR count). The number of rotatable bonds is 2. The molecule has 1 saturated heterocycles. The van der Waals surface area contributed by atoms with E-state index in [9.17, 15) is 14.7 Å². The standard InChI is InChI=1S/C22H25NO3/c1-23-15-8-18(24)21(19(23)25)13-11-20(12-14-21)9-5-10-22(20,26)16-17-6-3-2-4-7-17/h2-4,6-7,11-14,26H,5,8-10,15-16H2,1H3. The van der Waals surface area contributed by atoms with E-state index in [1.165, 1.54) is 0 Å². The number of hydrogen-bond donors (Lipinski definition) is 1. The molecule has 1 aromatic rings. The van der Waals surface area contributed by atoms with Gasteiger partial charge < -0.3 is 10.0 Å². The molecule has 1 aliphatic heterocycles. The van der Waals surface area contributed by atoms with Gasteiger partial charge in [-0.15, -0.1) is 0 Å². The van der Waals surface area contributed by atoms with Crippen molar-refractivity contribution in [1.82, 2.24) is 4.90 Å². The quantitative estimate of drug-likeness (QED) is 0.658. The van der Waals surface area contributed by atoms with Crippen LogP contribution in [0.25, 0.3) is 0 Å². The molecular weight excluding hydrogens is 326 g/mol. The summed E-state index contributed by atoms with van der Waals surface area (Å²) in [7, 11) is 1.74. The topological polar surface area (TPSA) is 57.6 Å². The van der Waals surface area contributed by atoms with E-state index >= 15 is 0 Å². The van der Waals surface area contributed by atoms with Gasteiger partial charge in [0.15, 0.2) is 5.78 Å². The first-order chi connectivity index (χ1) is 12.4. The smallest absolute Gasteiger partial charge is 0.243 e. The summed E-state index contributed by atoms with van der Waals surface area (Å²) >= 11 is 0. The van der Waals surface area contributed by atoms with E-state index in [1.54, 1.807) is 24.1 Å². The van der Waals surface area contributed by atoms with E-state index in [0.717, 1.165) is 18.4 Å². The Bertz CT molecular complexity index is 781. The lowest BCUT2D eigenvalue weighted by molar-refractivity contribution is -0.147. The molecule has 1 amide bonds. The van der Waals surface area contributed by atoms with E-state index in [1.807, 2.05) is 42.5 Å². The van der Waals surface area contributed by atoms with Crippen LogP contribution in [0, 0.1) is 10.8 Å². The molecule has 1 saturated carbocycles. The average molecular weight is 351 g/mol. The van der Waals surface area contributed by atoms with Crippen LogP contribution in [0.4, 0.5) is 0 Å². The summed E-state index contributed by atoms with van der Waals surface area (Å²) in [5, 5.41) is 11.5. The fraction of sp³-hybridized carbons (Fsp3) is 0.455. The van der Waals surface area contributed by atoms with Crippen molar-refractivity contribution in [3.05, 3.63) is 60.2 Å². The van der Waals surface area contributed by atoms with Crippen LogP contribution in [-0.2, 0) is 16.0 Å². The molecule has 1 N–H and O–H groups in total. The van der Waals surface area contributed by atoms with Gasteiger partial charge in [0.2, 0.25) is 5.91 Å². The summed E-state index contributed by atoms with van der Waals surface area (Å²) in [4.78, 5) is 26.9. The van der Waals surface area contributed by atoms with Crippen LogP contribution in [0.2, 0.25) is 0 Å². The van der Waals surface area contributed by atoms with Crippen LogP contribution in [0.5, 0.6) is 0 Å². The summed E-state index contributed by atoms with van der Waals surface area (Å²) in [6.45, 7) is 0.476. The molecule has 1 heterocycles. The van der Waals surface area contributed by atoms with Gasteiger partial charge in [-0.25, -0.2) is 0 Å². The fourth-order valence-electron chi connectivity index (χ4n) is 4.81. The van der Waals surface area contributed by atoms with Crippen LogP contribution >= 0.6 is 0 Å². The van der Waals surface area contributed by atoms with Crippen molar-refractivity contribution in [2.75, 3.05) is 13.6 Å².